The smallest absolute Gasteiger partial charge is 0.230 e. The van der Waals surface area contributed by atoms with Crippen molar-refractivity contribution in [2.24, 2.45) is 0 Å². The molecule has 2 unspecified atom stereocenters. The van der Waals surface area contributed by atoms with Crippen LogP contribution in [0.1, 0.15) is 29.8 Å². The highest BCUT2D eigenvalue weighted by atomic mass is 19.1. The molecule has 0 saturated carbocycles. The number of rotatable bonds is 3. The van der Waals surface area contributed by atoms with E-state index in [0.717, 1.165) is 12.1 Å². The van der Waals surface area contributed by atoms with Crippen LogP contribution < -0.4 is 0 Å². The Morgan fingerprint density at radius 2 is 2.19 bits per heavy atom. The highest BCUT2D eigenvalue weighted by Crippen LogP contribution is 2.34. The zero-order valence-electron chi connectivity index (χ0n) is 11.5. The van der Waals surface area contributed by atoms with Crippen molar-refractivity contribution >= 4 is 0 Å². The first kappa shape index (κ1) is 14.1. The fourth-order valence-electron chi connectivity index (χ4n) is 2.72. The van der Waals surface area contributed by atoms with Gasteiger partial charge in [0.15, 0.2) is 0 Å². The number of nitrogens with zero attached hydrogens (tertiary/aromatic N) is 3. The predicted octanol–water partition coefficient (Wildman–Crippen LogP) is 1.96. The van der Waals surface area contributed by atoms with Crippen molar-refractivity contribution in [3.05, 3.63) is 47.2 Å². The Bertz CT molecular complexity index is 647. The van der Waals surface area contributed by atoms with Crippen LogP contribution in [0.25, 0.3) is 0 Å². The average molecular weight is 295 g/mol. The van der Waals surface area contributed by atoms with Crippen molar-refractivity contribution in [1.29, 1.82) is 0 Å². The van der Waals surface area contributed by atoms with Crippen LogP contribution in [0.3, 0.4) is 0 Å². The Hall–Kier alpha value is -1.86. The lowest BCUT2D eigenvalue weighted by Crippen LogP contribution is -2.25. The molecule has 0 bridgehead atoms. The number of halogens is 2. The summed E-state index contributed by atoms with van der Waals surface area (Å²) in [5, 5.41) is 17.5. The summed E-state index contributed by atoms with van der Waals surface area (Å²) in [6.45, 7) is 2.32. The number of benzene rings is 1. The molecular weight excluding hydrogens is 280 g/mol. The molecule has 0 radical (unpaired) electrons. The molecule has 2 atom stereocenters. The van der Waals surface area contributed by atoms with E-state index in [9.17, 15) is 13.9 Å². The zero-order chi connectivity index (χ0) is 15.0. The minimum atomic E-state index is -0.596. The van der Waals surface area contributed by atoms with Crippen molar-refractivity contribution in [2.75, 3.05) is 6.54 Å². The molecule has 1 fully saturated rings. The van der Waals surface area contributed by atoms with E-state index in [-0.39, 0.29) is 5.56 Å². The summed E-state index contributed by atoms with van der Waals surface area (Å²) in [6, 6.07) is 2.94. The molecule has 1 N–H and O–H groups in total. The Labute approximate surface area is 120 Å². The van der Waals surface area contributed by atoms with Crippen molar-refractivity contribution in [1.82, 2.24) is 15.1 Å². The summed E-state index contributed by atoms with van der Waals surface area (Å²) in [4.78, 5) is 1.81. The van der Waals surface area contributed by atoms with Gasteiger partial charge in [0, 0.05) is 25.1 Å². The average Bonchev–Trinajstić information content (AvgIpc) is 2.99. The van der Waals surface area contributed by atoms with Crippen molar-refractivity contribution in [3.8, 4) is 0 Å². The summed E-state index contributed by atoms with van der Waals surface area (Å²) in [7, 11) is 0. The van der Waals surface area contributed by atoms with E-state index in [1.165, 1.54) is 6.07 Å². The van der Waals surface area contributed by atoms with Gasteiger partial charge in [-0.05, 0) is 24.6 Å². The first-order chi connectivity index (χ1) is 10.0. The van der Waals surface area contributed by atoms with Crippen molar-refractivity contribution in [2.45, 2.75) is 32.0 Å². The SMILES string of the molecule is Cc1nnc(CN2CC(O)CC2c2cc(F)ccc2F)o1. The van der Waals surface area contributed by atoms with Gasteiger partial charge in [-0.25, -0.2) is 8.78 Å². The third-order valence-corrected chi connectivity index (χ3v) is 3.60. The third kappa shape index (κ3) is 2.93. The molecule has 0 amide bonds. The van der Waals surface area contributed by atoms with Crippen LogP contribution in [0.5, 0.6) is 0 Å². The van der Waals surface area contributed by atoms with E-state index in [2.05, 4.69) is 10.2 Å². The van der Waals surface area contributed by atoms with E-state index in [1.807, 2.05) is 4.90 Å². The van der Waals surface area contributed by atoms with E-state index >= 15 is 0 Å². The van der Waals surface area contributed by atoms with Gasteiger partial charge in [0.25, 0.3) is 0 Å². The van der Waals surface area contributed by atoms with Crippen LogP contribution in [0.15, 0.2) is 22.6 Å². The Morgan fingerprint density at radius 1 is 1.38 bits per heavy atom. The summed E-state index contributed by atoms with van der Waals surface area (Å²) < 4.78 is 32.6. The minimum absolute atomic E-state index is 0.239. The first-order valence-electron chi connectivity index (χ1n) is 6.69. The minimum Gasteiger partial charge on any atom is -0.424 e. The van der Waals surface area contributed by atoms with E-state index in [1.54, 1.807) is 6.92 Å². The van der Waals surface area contributed by atoms with Gasteiger partial charge in [-0.1, -0.05) is 0 Å². The Balaban J connectivity index is 1.86. The molecule has 21 heavy (non-hydrogen) atoms. The van der Waals surface area contributed by atoms with Crippen molar-refractivity contribution in [3.63, 3.8) is 0 Å². The lowest BCUT2D eigenvalue weighted by Gasteiger charge is -2.23. The molecule has 0 spiro atoms. The summed E-state index contributed by atoms with van der Waals surface area (Å²) in [5.41, 5.74) is 0.239. The molecule has 5 nitrogen and oxygen atoms in total. The molecule has 1 aliphatic heterocycles. The number of likely N-dealkylation sites (tertiary alicyclic amines) is 1. The quantitative estimate of drug-likeness (QED) is 0.938. The molecule has 2 aromatic rings. The normalized spacial score (nSPS) is 22.9. The maximum atomic E-state index is 13.9. The molecule has 1 saturated heterocycles. The second-order valence-electron chi connectivity index (χ2n) is 5.22. The van der Waals surface area contributed by atoms with Gasteiger partial charge < -0.3 is 9.52 Å². The number of hydrogen-bond acceptors (Lipinski definition) is 5. The lowest BCUT2D eigenvalue weighted by atomic mass is 10.0. The van der Waals surface area contributed by atoms with Crippen molar-refractivity contribution < 1.29 is 18.3 Å². The van der Waals surface area contributed by atoms with Crippen LogP contribution in [0.2, 0.25) is 0 Å². The Kier molecular flexibility index (Phi) is 3.69. The van der Waals surface area contributed by atoms with E-state index in [4.69, 9.17) is 4.42 Å². The van der Waals surface area contributed by atoms with Gasteiger partial charge >= 0.3 is 0 Å². The zero-order valence-corrected chi connectivity index (χ0v) is 11.5. The number of aryl methyl sites for hydroxylation is 1. The third-order valence-electron chi connectivity index (χ3n) is 3.60. The highest BCUT2D eigenvalue weighted by molar-refractivity contribution is 5.24. The van der Waals surface area contributed by atoms with Crippen LogP contribution in [-0.2, 0) is 6.54 Å². The number of aliphatic hydroxyl groups is 1. The predicted molar refractivity (Wildman–Crippen MR) is 69.2 cm³/mol. The molecular formula is C14H15F2N3O2. The van der Waals surface area contributed by atoms with Gasteiger partial charge in [0.05, 0.1) is 12.6 Å². The maximum Gasteiger partial charge on any atom is 0.230 e. The summed E-state index contributed by atoms with van der Waals surface area (Å²) in [6.07, 6.45) is -0.255. The molecule has 2 heterocycles. The van der Waals surface area contributed by atoms with Gasteiger partial charge in [-0.2, -0.15) is 0 Å². The molecule has 7 heteroatoms. The van der Waals surface area contributed by atoms with Gasteiger partial charge in [0.2, 0.25) is 11.8 Å². The molecule has 1 aromatic carbocycles. The monoisotopic (exact) mass is 295 g/mol. The number of hydrogen-bond donors (Lipinski definition) is 1. The molecule has 0 aliphatic carbocycles. The molecule has 1 aliphatic rings. The molecule has 3 rings (SSSR count). The van der Waals surface area contributed by atoms with Crippen LogP contribution in [0.4, 0.5) is 8.78 Å². The number of β-amino-alcohol motifs (C(OH)–C–C–N with tert-alkyl or cyclic N) is 1. The number of aliphatic hydroxyl groups excluding tert-OH is 1. The number of aromatic nitrogens is 2. The van der Waals surface area contributed by atoms with Crippen LogP contribution >= 0.6 is 0 Å². The molecule has 112 valence electrons. The van der Waals surface area contributed by atoms with Gasteiger partial charge in [-0.15, -0.1) is 10.2 Å². The molecule has 1 aromatic heterocycles. The van der Waals surface area contributed by atoms with E-state index < -0.39 is 23.8 Å². The lowest BCUT2D eigenvalue weighted by molar-refractivity contribution is 0.166. The van der Waals surface area contributed by atoms with Gasteiger partial charge in [0.1, 0.15) is 11.6 Å². The largest absolute Gasteiger partial charge is 0.424 e. The second kappa shape index (κ2) is 5.50. The topological polar surface area (TPSA) is 62.4 Å². The second-order valence-corrected chi connectivity index (χ2v) is 5.22. The fraction of sp³-hybridized carbons (Fsp3) is 0.429. The highest BCUT2D eigenvalue weighted by Gasteiger charge is 2.34. The maximum absolute atomic E-state index is 13.9. The fourth-order valence-corrected chi connectivity index (χ4v) is 2.72. The first-order valence-corrected chi connectivity index (χ1v) is 6.69. The van der Waals surface area contributed by atoms with Crippen LogP contribution in [0, 0.1) is 18.6 Å². The van der Waals surface area contributed by atoms with Crippen LogP contribution in [-0.4, -0.2) is 32.9 Å². The standard InChI is InChI=1S/C14H15F2N3O2/c1-8-17-18-14(21-8)7-19-6-10(20)5-13(19)11-4-9(15)2-3-12(11)16/h2-4,10,13,20H,5-7H2,1H3. The van der Waals surface area contributed by atoms with E-state index in [0.29, 0.717) is 31.3 Å². The summed E-state index contributed by atoms with van der Waals surface area (Å²) in [5.74, 6) is -0.148. The Morgan fingerprint density at radius 3 is 2.90 bits per heavy atom. The van der Waals surface area contributed by atoms with Gasteiger partial charge in [-0.3, -0.25) is 4.90 Å². The summed E-state index contributed by atoms with van der Waals surface area (Å²) >= 11 is 0.